The summed E-state index contributed by atoms with van der Waals surface area (Å²) in [6.45, 7) is 0. The van der Waals surface area contributed by atoms with E-state index in [1.54, 1.807) is 19.5 Å². The van der Waals surface area contributed by atoms with Gasteiger partial charge in [0.2, 0.25) is 5.82 Å². The van der Waals surface area contributed by atoms with Gasteiger partial charge in [0.1, 0.15) is 17.1 Å². The molecule has 0 aliphatic carbocycles. The first-order valence-corrected chi connectivity index (χ1v) is 8.66. The summed E-state index contributed by atoms with van der Waals surface area (Å²) >= 11 is 0. The molecular formula is C20H15N7O. The van der Waals surface area contributed by atoms with Crippen molar-refractivity contribution in [1.82, 2.24) is 34.7 Å². The minimum atomic E-state index is 0.462. The zero-order valence-electron chi connectivity index (χ0n) is 15.0. The Morgan fingerprint density at radius 1 is 0.929 bits per heavy atom. The van der Waals surface area contributed by atoms with Crippen molar-refractivity contribution in [1.29, 1.82) is 0 Å². The van der Waals surface area contributed by atoms with Crippen LogP contribution in [0.15, 0.2) is 73.2 Å². The molecule has 5 aromatic rings. The van der Waals surface area contributed by atoms with Crippen molar-refractivity contribution in [3.63, 3.8) is 0 Å². The van der Waals surface area contributed by atoms with Crippen LogP contribution in [0.2, 0.25) is 0 Å². The van der Waals surface area contributed by atoms with E-state index >= 15 is 0 Å². The molecule has 0 aliphatic heterocycles. The van der Waals surface area contributed by atoms with Crippen molar-refractivity contribution in [3.8, 4) is 28.6 Å². The summed E-state index contributed by atoms with van der Waals surface area (Å²) in [6, 6.07) is 17.3. The lowest BCUT2D eigenvalue weighted by molar-refractivity contribution is 0.412. The molecule has 28 heavy (non-hydrogen) atoms. The molecule has 0 amide bonds. The number of hydrogen-bond donors (Lipinski definition) is 0. The van der Waals surface area contributed by atoms with Crippen LogP contribution in [0.3, 0.4) is 0 Å². The summed E-state index contributed by atoms with van der Waals surface area (Å²) in [7, 11) is 1.63. The van der Waals surface area contributed by atoms with Gasteiger partial charge in [-0.15, -0.1) is 15.0 Å². The predicted molar refractivity (Wildman–Crippen MR) is 104 cm³/mol. The topological polar surface area (TPSA) is 83.5 Å². The first-order chi connectivity index (χ1) is 13.8. The number of hydrogen-bond acceptors (Lipinski definition) is 6. The first-order valence-electron chi connectivity index (χ1n) is 8.66. The highest BCUT2D eigenvalue weighted by Crippen LogP contribution is 2.28. The van der Waals surface area contributed by atoms with E-state index in [0.29, 0.717) is 17.3 Å². The van der Waals surface area contributed by atoms with Crippen molar-refractivity contribution in [3.05, 3.63) is 73.2 Å². The molecule has 8 nitrogen and oxygen atoms in total. The van der Waals surface area contributed by atoms with Gasteiger partial charge in [0.25, 0.3) is 0 Å². The molecule has 1 aromatic carbocycles. The van der Waals surface area contributed by atoms with Crippen LogP contribution in [0.4, 0.5) is 0 Å². The van der Waals surface area contributed by atoms with E-state index in [9.17, 15) is 0 Å². The lowest BCUT2D eigenvalue weighted by Gasteiger charge is -2.12. The van der Waals surface area contributed by atoms with Gasteiger partial charge in [0.05, 0.1) is 18.5 Å². The summed E-state index contributed by atoms with van der Waals surface area (Å²) in [5, 5.41) is 13.7. The fourth-order valence-electron chi connectivity index (χ4n) is 3.07. The Kier molecular flexibility index (Phi) is 3.79. The van der Waals surface area contributed by atoms with E-state index in [1.165, 1.54) is 4.80 Å². The quantitative estimate of drug-likeness (QED) is 0.484. The fraction of sp³-hybridized carbons (Fsp3) is 0.0500. The summed E-state index contributed by atoms with van der Waals surface area (Å²) in [4.78, 5) is 10.2. The molecule has 0 N–H and O–H groups in total. The minimum absolute atomic E-state index is 0.462. The van der Waals surface area contributed by atoms with Crippen LogP contribution in [0.5, 0.6) is 5.75 Å². The maximum atomic E-state index is 5.62. The van der Waals surface area contributed by atoms with Gasteiger partial charge in [0.15, 0.2) is 0 Å². The van der Waals surface area contributed by atoms with Gasteiger partial charge >= 0.3 is 0 Å². The van der Waals surface area contributed by atoms with Crippen LogP contribution in [0, 0.1) is 0 Å². The second-order valence-corrected chi connectivity index (χ2v) is 6.08. The van der Waals surface area contributed by atoms with Gasteiger partial charge in [-0.2, -0.15) is 0 Å². The van der Waals surface area contributed by atoms with E-state index in [2.05, 4.69) is 25.4 Å². The van der Waals surface area contributed by atoms with Crippen molar-refractivity contribution >= 4 is 11.0 Å². The Hall–Kier alpha value is -4.07. The third-order valence-corrected chi connectivity index (χ3v) is 4.41. The summed E-state index contributed by atoms with van der Waals surface area (Å²) in [5.41, 5.74) is 3.15. The lowest BCUT2D eigenvalue weighted by atomic mass is 10.2. The number of nitrogens with zero attached hydrogens (tertiary/aromatic N) is 7. The molecule has 136 valence electrons. The molecule has 0 saturated carbocycles. The first kappa shape index (κ1) is 16.1. The number of rotatable bonds is 4. The summed E-state index contributed by atoms with van der Waals surface area (Å²) in [5.74, 6) is 1.14. The number of aromatic nitrogens is 7. The lowest BCUT2D eigenvalue weighted by Crippen LogP contribution is -2.03. The Morgan fingerprint density at radius 2 is 1.86 bits per heavy atom. The Bertz CT molecular complexity index is 1260. The third-order valence-electron chi connectivity index (χ3n) is 4.41. The molecule has 0 aliphatic rings. The molecule has 8 heteroatoms. The highest BCUT2D eigenvalue weighted by atomic mass is 16.5. The maximum Gasteiger partial charge on any atom is 0.223 e. The van der Waals surface area contributed by atoms with E-state index in [-0.39, 0.29) is 0 Å². The van der Waals surface area contributed by atoms with Gasteiger partial charge < -0.3 is 4.74 Å². The van der Waals surface area contributed by atoms with E-state index in [1.807, 2.05) is 65.4 Å². The molecule has 0 spiro atoms. The number of benzene rings is 1. The van der Waals surface area contributed by atoms with Crippen molar-refractivity contribution in [2.45, 2.75) is 0 Å². The van der Waals surface area contributed by atoms with Crippen molar-refractivity contribution in [2.24, 2.45) is 0 Å². The van der Waals surface area contributed by atoms with Crippen LogP contribution in [0.25, 0.3) is 33.9 Å². The van der Waals surface area contributed by atoms with Gasteiger partial charge in [-0.1, -0.05) is 6.07 Å². The molecule has 0 atom stereocenters. The van der Waals surface area contributed by atoms with Crippen LogP contribution in [-0.4, -0.2) is 41.9 Å². The number of pyridine rings is 2. The zero-order valence-corrected chi connectivity index (χ0v) is 15.0. The molecule has 5 rings (SSSR count). The van der Waals surface area contributed by atoms with Crippen LogP contribution in [-0.2, 0) is 0 Å². The van der Waals surface area contributed by atoms with Crippen molar-refractivity contribution < 1.29 is 4.74 Å². The largest absolute Gasteiger partial charge is 0.494 e. The highest BCUT2D eigenvalue weighted by Gasteiger charge is 2.13. The minimum Gasteiger partial charge on any atom is -0.494 e. The molecule has 4 aromatic heterocycles. The Balaban J connectivity index is 1.56. The average molecular weight is 369 g/mol. The molecular weight excluding hydrogens is 354 g/mol. The smallest absolute Gasteiger partial charge is 0.223 e. The number of tetrazole rings is 1. The van der Waals surface area contributed by atoms with Crippen LogP contribution >= 0.6 is 0 Å². The predicted octanol–water partition coefficient (Wildman–Crippen LogP) is 3.07. The number of fused-ring (bicyclic) bond motifs is 1. The van der Waals surface area contributed by atoms with E-state index < -0.39 is 0 Å². The normalized spacial score (nSPS) is 11.0. The highest BCUT2D eigenvalue weighted by molar-refractivity contribution is 5.78. The number of methoxy groups -OCH3 is 1. The fourth-order valence-corrected chi connectivity index (χ4v) is 3.07. The molecule has 0 unspecified atom stereocenters. The summed E-state index contributed by atoms with van der Waals surface area (Å²) in [6.07, 6.45) is 5.45. The van der Waals surface area contributed by atoms with E-state index in [4.69, 9.17) is 4.74 Å². The molecule has 4 heterocycles. The molecule has 0 fully saturated rings. The molecule has 0 radical (unpaired) electrons. The van der Waals surface area contributed by atoms with Crippen molar-refractivity contribution in [2.75, 3.05) is 7.11 Å². The second kappa shape index (κ2) is 6.58. The van der Waals surface area contributed by atoms with E-state index in [0.717, 1.165) is 22.4 Å². The summed E-state index contributed by atoms with van der Waals surface area (Å²) < 4.78 is 7.61. The second-order valence-electron chi connectivity index (χ2n) is 6.08. The van der Waals surface area contributed by atoms with Crippen LogP contribution < -0.4 is 4.74 Å². The average Bonchev–Trinajstić information content (AvgIpc) is 3.41. The number of ether oxygens (including phenoxy) is 1. The maximum absolute atomic E-state index is 5.62. The third kappa shape index (κ3) is 2.67. The van der Waals surface area contributed by atoms with Crippen LogP contribution in [0.1, 0.15) is 0 Å². The van der Waals surface area contributed by atoms with Gasteiger partial charge in [-0.25, -0.2) is 4.98 Å². The molecule has 0 saturated heterocycles. The zero-order chi connectivity index (χ0) is 18.9. The van der Waals surface area contributed by atoms with Gasteiger partial charge in [-0.3, -0.25) is 9.55 Å². The Morgan fingerprint density at radius 3 is 2.71 bits per heavy atom. The molecule has 0 bridgehead atoms. The SMILES string of the molecule is COc1cc(-n2nnc(-c3ccccn3)n2)ccc1-n1ccc2cccnc21. The van der Waals surface area contributed by atoms with Gasteiger partial charge in [-0.05, 0) is 47.7 Å². The van der Waals surface area contributed by atoms with Gasteiger partial charge in [0, 0.05) is 30.0 Å². The Labute approximate surface area is 160 Å². The monoisotopic (exact) mass is 369 g/mol. The standard InChI is InChI=1S/C20H15N7O/c1-28-18-13-15(27-24-19(23-25-27)16-6-2-3-10-21-16)7-8-17(18)26-12-9-14-5-4-11-22-20(14)26/h2-13H,1H3.